The summed E-state index contributed by atoms with van der Waals surface area (Å²) in [6, 6.07) is 10.8. The number of phenolic OH excluding ortho intramolecular Hbond substituents is 1. The first-order chi connectivity index (χ1) is 58.3. The number of rotatable bonds is 53. The molecule has 662 valence electrons. The van der Waals surface area contributed by atoms with E-state index in [2.05, 4.69) is 110 Å². The van der Waals surface area contributed by atoms with E-state index < -0.39 is 192 Å². The maximum absolute atomic E-state index is 15.3. The number of nitrogens with one attached hydrogen (secondary N) is 16. The summed E-state index contributed by atoms with van der Waals surface area (Å²) in [5.74, 6) is -16.0. The second-order valence-corrected chi connectivity index (χ2v) is 30.4. The number of aromatic hydroxyl groups is 1. The van der Waals surface area contributed by atoms with Crippen molar-refractivity contribution in [3.05, 3.63) is 138 Å². The number of carbonyl (C=O) groups excluding carboxylic acids is 15. The summed E-state index contributed by atoms with van der Waals surface area (Å²) in [5.41, 5.74) is 26.2. The normalized spacial score (nSPS) is 14.1. The van der Waals surface area contributed by atoms with E-state index in [4.69, 9.17) is 22.9 Å². The van der Waals surface area contributed by atoms with Crippen molar-refractivity contribution in [1.29, 1.82) is 0 Å². The van der Waals surface area contributed by atoms with Gasteiger partial charge in [-0.2, -0.15) is 25.3 Å². The Morgan fingerprint density at radius 3 is 1.30 bits per heavy atom. The fraction of sp³-hybridized carbons (Fsp3) is 0.463. The van der Waals surface area contributed by atoms with Gasteiger partial charge in [-0.05, 0) is 130 Å². The largest absolute Gasteiger partial charge is 0.508 e. The number of amides is 15. The van der Waals surface area contributed by atoms with E-state index in [-0.39, 0.29) is 95.3 Å². The molecule has 0 aliphatic heterocycles. The first kappa shape index (κ1) is 98.7. The molecule has 0 bridgehead atoms. The maximum atomic E-state index is 15.3. The number of fused-ring (bicyclic) bond motifs is 2. The molecule has 0 radical (unpaired) electrons. The lowest BCUT2D eigenvalue weighted by molar-refractivity contribution is -0.141. The van der Waals surface area contributed by atoms with Crippen LogP contribution in [0.5, 0.6) is 5.75 Å². The number of nitrogens with two attached hydrogens (primary N) is 4. The molecule has 0 fully saturated rings. The molecule has 0 spiro atoms. The van der Waals surface area contributed by atoms with Crippen LogP contribution >= 0.6 is 25.3 Å². The Labute approximate surface area is 716 Å². The van der Waals surface area contributed by atoms with Gasteiger partial charge in [0.05, 0.1) is 13.0 Å². The van der Waals surface area contributed by atoms with Crippen molar-refractivity contribution in [1.82, 2.24) is 84.4 Å². The van der Waals surface area contributed by atoms with Crippen molar-refractivity contribution in [2.75, 3.05) is 44.2 Å². The van der Waals surface area contributed by atoms with E-state index in [1.54, 1.807) is 105 Å². The molecular weight excluding hydrogens is 1620 g/mol. The van der Waals surface area contributed by atoms with Gasteiger partial charge in [-0.1, -0.05) is 92.7 Å². The molecule has 0 aliphatic rings. The third-order valence-corrected chi connectivity index (χ3v) is 20.5. The fourth-order valence-corrected chi connectivity index (χ4v) is 13.6. The van der Waals surface area contributed by atoms with Crippen LogP contribution in [0.25, 0.3) is 21.8 Å². The standard InChI is InChI=1S/C82H114N20O18S2/c1-45(2)70(102-79(117)63(38-51-41-89-56-22-11-9-20-54(51)56)100-78(116)64(39-69(107)108)96-72(110)46(3)91-80(118)65(43-121)92-47(4)103)82(120)101-66(44-122)81(119)98-61(36-49-26-28-52(104)29-27-49)76(114)99-62(37-50-40-88-55-21-10-8-19-53(50)55)77(115)95-59(25-16-33-85)74(112)94-58(24-13-15-32-84)75(113)97-60(35-48-17-6-5-7-18-48)73(111)90-42-68(106)87-34-30-67(105)93-57(71(86)109)23-12-14-31-83/h5-11,17-22,26-29,40-41,45-46,57-66,70,88-89,104,121-122H,12-16,23-25,30-39,42-44,83-85H2,1-4H3,(H2,86,109)(H,87,106)(H,90,111)(H,91,118)(H,92,103)(H,93,105)(H,94,112)(H,95,115)(H,96,110)(H,97,113)(H,98,119)(H,99,114)(H,100,116)(H,101,120)(H,102,117)(H,107,108)/t46-,57+,58-,59-,60-,61-,62-,63-,64-,65-,66-,70-/m0/s1. The lowest BCUT2D eigenvalue weighted by atomic mass is 9.99. The molecule has 0 saturated carbocycles. The molecule has 6 rings (SSSR count). The summed E-state index contributed by atoms with van der Waals surface area (Å²) in [5, 5.41) is 57.7. The van der Waals surface area contributed by atoms with Crippen LogP contribution in [0.2, 0.25) is 0 Å². The van der Waals surface area contributed by atoms with E-state index in [1.165, 1.54) is 31.2 Å². The van der Waals surface area contributed by atoms with E-state index in [0.717, 1.165) is 6.92 Å². The van der Waals surface area contributed by atoms with E-state index in [1.807, 2.05) is 0 Å². The molecule has 0 unspecified atom stereocenters. The van der Waals surface area contributed by atoms with Gasteiger partial charge in [0.1, 0.15) is 78.3 Å². The van der Waals surface area contributed by atoms with Crippen molar-refractivity contribution >= 4 is 142 Å². The number of benzene rings is 4. The molecule has 38 nitrogen and oxygen atoms in total. The molecule has 0 aliphatic carbocycles. The zero-order chi connectivity index (χ0) is 89.5. The van der Waals surface area contributed by atoms with E-state index in [0.29, 0.717) is 69.9 Å². The highest BCUT2D eigenvalue weighted by Crippen LogP contribution is 2.23. The molecule has 2 aromatic heterocycles. The zero-order valence-corrected chi connectivity index (χ0v) is 70.2. The number of aromatic amines is 2. The minimum absolute atomic E-state index is 0.0223. The van der Waals surface area contributed by atoms with Crippen LogP contribution in [0.15, 0.2) is 116 Å². The number of unbranched alkanes of at least 4 members (excludes halogenated alkanes) is 2. The molecular formula is C82H114N20O18S2. The smallest absolute Gasteiger partial charge is 0.305 e. The van der Waals surface area contributed by atoms with Gasteiger partial charge in [-0.3, -0.25) is 76.7 Å². The summed E-state index contributed by atoms with van der Waals surface area (Å²) in [6.07, 6.45) is 3.12. The van der Waals surface area contributed by atoms with Crippen molar-refractivity contribution < 1.29 is 86.9 Å². The predicted octanol–water partition coefficient (Wildman–Crippen LogP) is -2.42. The van der Waals surface area contributed by atoms with Gasteiger partial charge >= 0.3 is 5.97 Å². The van der Waals surface area contributed by atoms with Crippen molar-refractivity contribution in [2.45, 2.75) is 190 Å². The Morgan fingerprint density at radius 1 is 0.402 bits per heavy atom. The average molecular weight is 1730 g/mol. The molecule has 26 N–H and O–H groups in total. The molecule has 4 aromatic carbocycles. The Bertz CT molecular complexity index is 4570. The Morgan fingerprint density at radius 2 is 0.811 bits per heavy atom. The number of hydrogen-bond donors (Lipinski definition) is 24. The van der Waals surface area contributed by atoms with E-state index >= 15 is 9.59 Å². The maximum Gasteiger partial charge on any atom is 0.305 e. The van der Waals surface area contributed by atoms with Crippen molar-refractivity contribution in [2.24, 2.45) is 28.9 Å². The molecule has 0 saturated heterocycles. The number of aromatic nitrogens is 2. The number of phenols is 1. The summed E-state index contributed by atoms with van der Waals surface area (Å²) < 4.78 is 0. The number of carboxylic acid groups (broad SMARTS) is 1. The van der Waals surface area contributed by atoms with Gasteiger partial charge < -0.3 is 118 Å². The number of thiol groups is 2. The lowest BCUT2D eigenvalue weighted by Gasteiger charge is -2.29. The summed E-state index contributed by atoms with van der Waals surface area (Å²) in [6.45, 7) is 5.38. The molecule has 15 amide bonds. The average Bonchev–Trinajstić information content (AvgIpc) is 1.65. The highest BCUT2D eigenvalue weighted by atomic mass is 32.1. The number of H-pyrrole nitrogens is 2. The topological polar surface area (TPSA) is 618 Å². The lowest BCUT2D eigenvalue weighted by Crippen LogP contribution is -2.62. The van der Waals surface area contributed by atoms with Gasteiger partial charge in [-0.15, -0.1) is 0 Å². The monoisotopic (exact) mass is 1730 g/mol. The fourth-order valence-electron chi connectivity index (χ4n) is 13.0. The number of carboxylic acids is 1. The zero-order valence-electron chi connectivity index (χ0n) is 68.5. The number of primary amides is 1. The Balaban J connectivity index is 1.23. The third kappa shape index (κ3) is 32.4. The minimum Gasteiger partial charge on any atom is -0.508 e. The molecule has 12 atom stereocenters. The van der Waals surface area contributed by atoms with Crippen LogP contribution in [0.1, 0.15) is 114 Å². The van der Waals surface area contributed by atoms with Gasteiger partial charge in [0.25, 0.3) is 0 Å². The van der Waals surface area contributed by atoms with Crippen LogP contribution in [0, 0.1) is 5.92 Å². The number of hydrogen-bond acceptors (Lipinski definition) is 22. The number of para-hydroxylation sites is 2. The third-order valence-electron chi connectivity index (χ3n) is 19.7. The summed E-state index contributed by atoms with van der Waals surface area (Å²) in [4.78, 5) is 227. The van der Waals surface area contributed by atoms with Crippen LogP contribution in [0.4, 0.5) is 0 Å². The highest BCUT2D eigenvalue weighted by molar-refractivity contribution is 7.80. The second kappa shape index (κ2) is 50.8. The van der Waals surface area contributed by atoms with Crippen molar-refractivity contribution in [3.8, 4) is 5.75 Å². The van der Waals surface area contributed by atoms with Crippen LogP contribution in [0.3, 0.4) is 0 Å². The number of aliphatic carboxylic acids is 1. The highest BCUT2D eigenvalue weighted by Gasteiger charge is 2.38. The molecule has 2 heterocycles. The quantitative estimate of drug-likeness (QED) is 0.0140. The van der Waals surface area contributed by atoms with Gasteiger partial charge in [0.15, 0.2) is 0 Å². The Hall–Kier alpha value is -12.1. The summed E-state index contributed by atoms with van der Waals surface area (Å²) in [7, 11) is 0. The minimum atomic E-state index is -1.87. The van der Waals surface area contributed by atoms with E-state index in [9.17, 15) is 77.3 Å². The molecule has 40 heteroatoms. The van der Waals surface area contributed by atoms with Crippen LogP contribution in [-0.2, 0) is 102 Å². The predicted molar refractivity (Wildman–Crippen MR) is 459 cm³/mol. The SMILES string of the molecule is CC(=O)N[C@@H](CS)C(=O)N[C@@H](C)C(=O)N[C@@H](CC(=O)O)C(=O)N[C@@H](Cc1c[nH]c2ccccc12)C(=O)N[C@H](C(=O)N[C@@H](CS)C(=O)N[C@@H](Cc1ccc(O)cc1)C(=O)N[C@@H](Cc1c[nH]c2ccccc12)C(=O)N[C@@H](CCCN)C(=O)N[C@@H](CCCCN)C(=O)N[C@@H](Cc1ccccc1)C(=O)NCC(=O)NCCC(=O)N[C@H](CCCCN)C(N)=O)C(C)C. The first-order valence-electron chi connectivity index (χ1n) is 40.2. The van der Waals surface area contributed by atoms with Gasteiger partial charge in [-0.25, -0.2) is 0 Å². The van der Waals surface area contributed by atoms with Gasteiger partial charge in [0, 0.05) is 91.3 Å². The van der Waals surface area contributed by atoms with Crippen LogP contribution < -0.4 is 97.4 Å². The molecule has 122 heavy (non-hydrogen) atoms. The number of carbonyl (C=O) groups is 16. The second-order valence-electron chi connectivity index (χ2n) is 29.7. The molecule has 6 aromatic rings. The van der Waals surface area contributed by atoms with Crippen molar-refractivity contribution in [3.63, 3.8) is 0 Å². The first-order valence-corrected chi connectivity index (χ1v) is 41.4. The van der Waals surface area contributed by atoms with Crippen LogP contribution in [-0.4, -0.2) is 231 Å². The summed E-state index contributed by atoms with van der Waals surface area (Å²) >= 11 is 8.50. The van der Waals surface area contributed by atoms with Gasteiger partial charge in [0.2, 0.25) is 88.6 Å². The Kier molecular flexibility index (Phi) is 41.1.